The monoisotopic (exact) mass is 365 g/mol. The molecule has 0 aliphatic carbocycles. The summed E-state index contributed by atoms with van der Waals surface area (Å²) in [6.07, 6.45) is 0. The standard InChI is InChI=1S/C22H23NO2S/c1-16-14-21(22(24)19-10-6-4-7-11-19)18(3)23(16)17(2)15-26(25)20-12-8-5-9-13-20/h4-14,17H,15H2,1-3H3. The molecular formula is C22H23NO2S. The zero-order chi connectivity index (χ0) is 18.7. The Labute approximate surface area is 157 Å². The summed E-state index contributed by atoms with van der Waals surface area (Å²) in [6, 6.07) is 20.8. The van der Waals surface area contributed by atoms with Gasteiger partial charge in [0, 0.05) is 22.5 Å². The van der Waals surface area contributed by atoms with Crippen molar-refractivity contribution in [2.75, 3.05) is 5.75 Å². The van der Waals surface area contributed by atoms with Crippen LogP contribution in [0.3, 0.4) is 0 Å². The van der Waals surface area contributed by atoms with E-state index in [2.05, 4.69) is 11.5 Å². The van der Waals surface area contributed by atoms with Crippen LogP contribution in [-0.2, 0) is 11.2 Å². The van der Waals surface area contributed by atoms with Crippen LogP contribution in [0.5, 0.6) is 0 Å². The molecule has 134 valence electrons. The Morgan fingerprint density at radius 1 is 1.04 bits per heavy atom. The van der Waals surface area contributed by atoms with Gasteiger partial charge in [0.05, 0.1) is 6.04 Å². The topological polar surface area (TPSA) is 45.1 Å². The number of nitrogens with zero attached hydrogens (tertiary/aromatic N) is 1. The highest BCUT2D eigenvalue weighted by atomic mass is 32.2. The summed E-state index contributed by atoms with van der Waals surface area (Å²) in [6.45, 7) is 6.01. The fourth-order valence-corrected chi connectivity index (χ4v) is 4.63. The van der Waals surface area contributed by atoms with Crippen molar-refractivity contribution in [3.8, 4) is 0 Å². The second kappa shape index (κ2) is 7.94. The van der Waals surface area contributed by atoms with Crippen LogP contribution >= 0.6 is 0 Å². The summed E-state index contributed by atoms with van der Waals surface area (Å²) in [7, 11) is 0. The lowest BCUT2D eigenvalue weighted by Crippen LogP contribution is -2.20. The maximum absolute atomic E-state index is 12.8. The number of benzene rings is 2. The van der Waals surface area contributed by atoms with Gasteiger partial charge in [-0.25, -0.2) is 0 Å². The Bertz CT molecular complexity index is 887. The molecule has 0 saturated heterocycles. The predicted octanol–water partition coefficient (Wildman–Crippen LogP) is 4.70. The summed E-state index contributed by atoms with van der Waals surface area (Å²) in [5.74, 6) is 0.542. The summed E-state index contributed by atoms with van der Waals surface area (Å²) < 4.78 is 14.8. The minimum Gasteiger partial charge on any atom is -0.611 e. The van der Waals surface area contributed by atoms with Gasteiger partial charge in [0.1, 0.15) is 5.75 Å². The van der Waals surface area contributed by atoms with E-state index in [1.54, 1.807) is 0 Å². The van der Waals surface area contributed by atoms with Gasteiger partial charge >= 0.3 is 0 Å². The van der Waals surface area contributed by atoms with Crippen LogP contribution in [-0.4, -0.2) is 20.7 Å². The molecule has 26 heavy (non-hydrogen) atoms. The van der Waals surface area contributed by atoms with Crippen molar-refractivity contribution in [1.29, 1.82) is 0 Å². The molecule has 4 heteroatoms. The highest BCUT2D eigenvalue weighted by Gasteiger charge is 2.23. The maximum atomic E-state index is 12.8. The normalized spacial score (nSPS) is 13.4. The third-order valence-electron chi connectivity index (χ3n) is 4.60. The molecule has 0 bridgehead atoms. The molecule has 0 amide bonds. The Morgan fingerprint density at radius 2 is 1.62 bits per heavy atom. The molecule has 2 unspecified atom stereocenters. The molecule has 0 aliphatic heterocycles. The number of aryl methyl sites for hydroxylation is 1. The van der Waals surface area contributed by atoms with E-state index in [9.17, 15) is 9.35 Å². The molecule has 2 aromatic carbocycles. The Balaban J connectivity index is 1.84. The molecule has 0 saturated carbocycles. The number of rotatable bonds is 6. The van der Waals surface area contributed by atoms with Crippen molar-refractivity contribution in [1.82, 2.24) is 4.57 Å². The average Bonchev–Trinajstić information content (AvgIpc) is 2.96. The van der Waals surface area contributed by atoms with E-state index >= 15 is 0 Å². The quantitative estimate of drug-likeness (QED) is 0.469. The third kappa shape index (κ3) is 3.76. The van der Waals surface area contributed by atoms with Crippen LogP contribution in [0.2, 0.25) is 0 Å². The molecule has 1 heterocycles. The highest BCUT2D eigenvalue weighted by Crippen LogP contribution is 2.25. The van der Waals surface area contributed by atoms with Crippen LogP contribution in [0.15, 0.2) is 71.6 Å². The Hall–Kier alpha value is -2.30. The number of aromatic nitrogens is 1. The third-order valence-corrected chi connectivity index (χ3v) is 6.19. The van der Waals surface area contributed by atoms with Crippen molar-refractivity contribution in [2.45, 2.75) is 31.7 Å². The largest absolute Gasteiger partial charge is 0.611 e. The number of hydrogen-bond acceptors (Lipinski definition) is 2. The van der Waals surface area contributed by atoms with E-state index in [-0.39, 0.29) is 11.8 Å². The molecule has 2 atom stereocenters. The zero-order valence-electron chi connectivity index (χ0n) is 15.3. The SMILES string of the molecule is Cc1cc(C(=O)c2ccccc2)c(C)n1C(C)C[S+]([O-])c1ccccc1. The molecule has 0 aliphatic rings. The van der Waals surface area contributed by atoms with E-state index in [1.165, 1.54) is 0 Å². The molecule has 3 nitrogen and oxygen atoms in total. The number of carbonyl (C=O) groups excluding carboxylic acids is 1. The van der Waals surface area contributed by atoms with Gasteiger partial charge < -0.3 is 9.12 Å². The fourth-order valence-electron chi connectivity index (χ4n) is 3.39. The van der Waals surface area contributed by atoms with Gasteiger partial charge in [0.15, 0.2) is 10.7 Å². The molecular weight excluding hydrogens is 342 g/mol. The van der Waals surface area contributed by atoms with Gasteiger partial charge in [-0.2, -0.15) is 0 Å². The summed E-state index contributed by atoms with van der Waals surface area (Å²) in [5.41, 5.74) is 3.34. The van der Waals surface area contributed by atoms with Gasteiger partial charge in [0.25, 0.3) is 0 Å². The Kier molecular flexibility index (Phi) is 5.64. The Morgan fingerprint density at radius 3 is 2.23 bits per heavy atom. The van der Waals surface area contributed by atoms with E-state index < -0.39 is 11.2 Å². The van der Waals surface area contributed by atoms with Gasteiger partial charge in [-0.05, 0) is 50.1 Å². The number of carbonyl (C=O) groups is 1. The molecule has 0 fully saturated rings. The molecule has 0 N–H and O–H groups in total. The first-order chi connectivity index (χ1) is 12.5. The van der Waals surface area contributed by atoms with E-state index in [0.717, 1.165) is 16.3 Å². The number of hydrogen-bond donors (Lipinski definition) is 0. The lowest BCUT2D eigenvalue weighted by molar-refractivity contribution is 0.103. The maximum Gasteiger partial charge on any atom is 0.194 e. The predicted molar refractivity (Wildman–Crippen MR) is 106 cm³/mol. The van der Waals surface area contributed by atoms with Crippen LogP contribution in [0, 0.1) is 13.8 Å². The van der Waals surface area contributed by atoms with E-state index in [1.807, 2.05) is 80.6 Å². The fraction of sp³-hybridized carbons (Fsp3) is 0.227. The van der Waals surface area contributed by atoms with E-state index in [4.69, 9.17) is 0 Å². The van der Waals surface area contributed by atoms with Gasteiger partial charge in [-0.3, -0.25) is 4.79 Å². The van der Waals surface area contributed by atoms with Crippen LogP contribution in [0.1, 0.15) is 40.3 Å². The molecule has 0 radical (unpaired) electrons. The first-order valence-corrected chi connectivity index (χ1v) is 10.0. The second-order valence-electron chi connectivity index (χ2n) is 6.52. The minimum absolute atomic E-state index is 0.0290. The lowest BCUT2D eigenvalue weighted by atomic mass is 10.0. The zero-order valence-corrected chi connectivity index (χ0v) is 16.1. The molecule has 1 aromatic heterocycles. The molecule has 3 aromatic rings. The summed E-state index contributed by atoms with van der Waals surface area (Å²) in [5, 5.41) is 0. The van der Waals surface area contributed by atoms with Crippen molar-refractivity contribution in [3.05, 3.63) is 89.2 Å². The van der Waals surface area contributed by atoms with Gasteiger partial charge in [-0.1, -0.05) is 48.5 Å². The summed E-state index contributed by atoms with van der Waals surface area (Å²) >= 11 is -1.07. The van der Waals surface area contributed by atoms with Crippen molar-refractivity contribution < 1.29 is 9.35 Å². The van der Waals surface area contributed by atoms with Gasteiger partial charge in [0.2, 0.25) is 0 Å². The summed E-state index contributed by atoms with van der Waals surface area (Å²) in [4.78, 5) is 13.7. The minimum atomic E-state index is -1.07. The van der Waals surface area contributed by atoms with Crippen molar-refractivity contribution in [2.24, 2.45) is 0 Å². The van der Waals surface area contributed by atoms with Crippen LogP contribution in [0.25, 0.3) is 0 Å². The molecule has 3 rings (SSSR count). The van der Waals surface area contributed by atoms with Crippen molar-refractivity contribution in [3.63, 3.8) is 0 Å². The first kappa shape index (κ1) is 18.5. The van der Waals surface area contributed by atoms with Gasteiger partial charge in [-0.15, -0.1) is 0 Å². The lowest BCUT2D eigenvalue weighted by Gasteiger charge is -2.20. The smallest absolute Gasteiger partial charge is 0.194 e. The number of ketones is 1. The van der Waals surface area contributed by atoms with Crippen molar-refractivity contribution >= 4 is 17.0 Å². The highest BCUT2D eigenvalue weighted by molar-refractivity contribution is 7.91. The van der Waals surface area contributed by atoms with Crippen LogP contribution < -0.4 is 0 Å². The second-order valence-corrected chi connectivity index (χ2v) is 8.02. The van der Waals surface area contributed by atoms with Crippen LogP contribution in [0.4, 0.5) is 0 Å². The average molecular weight is 365 g/mol. The first-order valence-electron chi connectivity index (χ1n) is 8.70. The van der Waals surface area contributed by atoms with E-state index in [0.29, 0.717) is 16.9 Å². The molecule has 0 spiro atoms.